The Hall–Kier alpha value is -5.37. The first-order valence-electron chi connectivity index (χ1n) is 13.4. The fourth-order valence-corrected chi connectivity index (χ4v) is 5.45. The van der Waals surface area contributed by atoms with Crippen molar-refractivity contribution in [2.75, 3.05) is 6.61 Å². The molecular weight excluding hydrogens is 576 g/mol. The van der Waals surface area contributed by atoms with Crippen LogP contribution in [0.3, 0.4) is 0 Å². The number of aliphatic hydroxyl groups excluding tert-OH is 2. The van der Waals surface area contributed by atoms with Crippen molar-refractivity contribution in [1.29, 1.82) is 0 Å². The van der Waals surface area contributed by atoms with Crippen molar-refractivity contribution in [3.63, 3.8) is 0 Å². The van der Waals surface area contributed by atoms with Crippen molar-refractivity contribution >= 4 is 22.7 Å². The summed E-state index contributed by atoms with van der Waals surface area (Å²) in [5.41, 5.74) is -1.10. The van der Waals surface area contributed by atoms with E-state index < -0.39 is 54.5 Å². The number of aromatic carboxylic acids is 1. The minimum Gasteiger partial charge on any atom is -0.508 e. The van der Waals surface area contributed by atoms with Gasteiger partial charge in [0.1, 0.15) is 29.4 Å². The number of ether oxygens (including phenoxy) is 1. The van der Waals surface area contributed by atoms with Gasteiger partial charge < -0.3 is 29.6 Å². The summed E-state index contributed by atoms with van der Waals surface area (Å²) < 4.78 is 12.4. The third kappa shape index (κ3) is 5.08. The van der Waals surface area contributed by atoms with Crippen LogP contribution in [-0.2, 0) is 11.2 Å². The number of aromatic nitrogens is 2. The van der Waals surface area contributed by atoms with Gasteiger partial charge in [0.2, 0.25) is 0 Å². The highest BCUT2D eigenvalue weighted by atomic mass is 16.5. The number of carboxylic acids is 1. The Labute approximate surface area is 246 Å². The standard InChI is InChI=1S/C31H24N2O11/c34-13-26-23(38)11-27(44-26)33-12-15(29(39)32-31(33)42)8-22(37)14-1-4-18(21(7-14)30(40)41)28-19-5-2-16(35)9-24(19)43-25-10-17(36)3-6-20(25)28/h1-7,9-10,12,23,26-27,34-35,38H,8,11,13H2,(H,40,41)(H,32,39,42)/t23-,26+,27+/m0/s1. The highest BCUT2D eigenvalue weighted by Gasteiger charge is 2.35. The molecule has 3 aliphatic rings. The molecule has 3 heterocycles. The smallest absolute Gasteiger partial charge is 0.336 e. The van der Waals surface area contributed by atoms with Crippen LogP contribution in [0.2, 0.25) is 0 Å². The van der Waals surface area contributed by atoms with Crippen LogP contribution in [0, 0.1) is 0 Å². The van der Waals surface area contributed by atoms with E-state index in [-0.39, 0.29) is 51.2 Å². The first-order valence-corrected chi connectivity index (χ1v) is 13.4. The van der Waals surface area contributed by atoms with Gasteiger partial charge in [0.05, 0.1) is 18.3 Å². The van der Waals surface area contributed by atoms with E-state index in [0.717, 1.165) is 10.8 Å². The molecule has 2 aromatic carbocycles. The van der Waals surface area contributed by atoms with E-state index in [1.165, 1.54) is 48.5 Å². The zero-order valence-electron chi connectivity index (χ0n) is 22.7. The predicted molar refractivity (Wildman–Crippen MR) is 154 cm³/mol. The number of aliphatic hydroxyl groups is 2. The first-order chi connectivity index (χ1) is 21.0. The van der Waals surface area contributed by atoms with Crippen molar-refractivity contribution in [2.24, 2.45) is 0 Å². The lowest BCUT2D eigenvalue weighted by molar-refractivity contribution is -0.0459. The number of hydrogen-bond donors (Lipinski definition) is 5. The van der Waals surface area contributed by atoms with Crippen molar-refractivity contribution in [1.82, 2.24) is 9.55 Å². The average molecular weight is 601 g/mol. The minimum atomic E-state index is -1.35. The number of ketones is 1. The maximum absolute atomic E-state index is 13.3. The third-order valence-electron chi connectivity index (χ3n) is 7.61. The number of H-pyrrole nitrogens is 1. The fraction of sp³-hybridized carbons (Fsp3) is 0.194. The summed E-state index contributed by atoms with van der Waals surface area (Å²) >= 11 is 0. The minimum absolute atomic E-state index is 0.0232. The van der Waals surface area contributed by atoms with Gasteiger partial charge in [0, 0.05) is 58.8 Å². The Bertz CT molecular complexity index is 2110. The average Bonchev–Trinajstić information content (AvgIpc) is 3.36. The van der Waals surface area contributed by atoms with Crippen molar-refractivity contribution in [3.8, 4) is 28.2 Å². The highest BCUT2D eigenvalue weighted by molar-refractivity contribution is 6.09. The van der Waals surface area contributed by atoms with Crippen molar-refractivity contribution in [3.05, 3.63) is 109 Å². The van der Waals surface area contributed by atoms with Gasteiger partial charge in [0.15, 0.2) is 11.2 Å². The number of aromatic amines is 1. The maximum Gasteiger partial charge on any atom is 0.336 e. The molecule has 0 spiro atoms. The Morgan fingerprint density at radius 1 is 1.00 bits per heavy atom. The summed E-state index contributed by atoms with van der Waals surface area (Å²) in [6.07, 6.45) is -2.32. The van der Waals surface area contributed by atoms with Gasteiger partial charge in [0.25, 0.3) is 5.56 Å². The first kappa shape index (κ1) is 28.7. The summed E-state index contributed by atoms with van der Waals surface area (Å²) in [7, 11) is 0. The van der Waals surface area contributed by atoms with Gasteiger partial charge in [-0.3, -0.25) is 23.9 Å². The van der Waals surface area contributed by atoms with Crippen molar-refractivity contribution in [2.45, 2.75) is 31.3 Å². The molecule has 1 fully saturated rings. The van der Waals surface area contributed by atoms with Crippen LogP contribution in [0.25, 0.3) is 33.4 Å². The van der Waals surface area contributed by atoms with E-state index in [1.54, 1.807) is 6.07 Å². The Morgan fingerprint density at radius 2 is 1.77 bits per heavy atom. The molecule has 13 nitrogen and oxygen atoms in total. The number of carboxylic acid groups (broad SMARTS) is 1. The second-order valence-corrected chi connectivity index (χ2v) is 10.4. The number of carbonyl (C=O) groups excluding carboxylic acids is 1. The molecule has 13 heteroatoms. The summed E-state index contributed by atoms with van der Waals surface area (Å²) in [5.74, 6) is -1.90. The van der Waals surface area contributed by atoms with E-state index in [1.807, 2.05) is 0 Å². The van der Waals surface area contributed by atoms with Crippen molar-refractivity contribution < 1.29 is 39.2 Å². The number of fused-ring (bicyclic) bond motifs is 2. The fourth-order valence-electron chi connectivity index (χ4n) is 5.45. The summed E-state index contributed by atoms with van der Waals surface area (Å²) in [4.78, 5) is 65.0. The SMILES string of the molecule is O=C(Cc1cn([C@H]2C[C@H](O)[C@@H](CO)O2)c(=O)[nH]c1=O)c1ccc(-c2c3ccc(=O)cc-3oc3cc(O)ccc23)c(C(=O)O)c1. The van der Waals surface area contributed by atoms with E-state index in [0.29, 0.717) is 16.5 Å². The van der Waals surface area contributed by atoms with E-state index >= 15 is 0 Å². The van der Waals surface area contributed by atoms with Crippen LogP contribution in [0.5, 0.6) is 5.75 Å². The molecule has 0 bridgehead atoms. The van der Waals surface area contributed by atoms with E-state index in [9.17, 15) is 44.4 Å². The molecule has 3 aromatic rings. The molecule has 0 unspecified atom stereocenters. The molecule has 0 radical (unpaired) electrons. The third-order valence-corrected chi connectivity index (χ3v) is 7.61. The normalized spacial score (nSPS) is 18.2. The van der Waals surface area contributed by atoms with Gasteiger partial charge in [-0.25, -0.2) is 9.59 Å². The lowest BCUT2D eigenvalue weighted by Gasteiger charge is -2.17. The van der Waals surface area contributed by atoms with Crippen LogP contribution in [0.1, 0.15) is 38.9 Å². The number of nitrogens with zero attached hydrogens (tertiary/aromatic N) is 1. The summed E-state index contributed by atoms with van der Waals surface area (Å²) in [6.45, 7) is -0.478. The van der Waals surface area contributed by atoms with Gasteiger partial charge in [-0.05, 0) is 35.9 Å². The molecule has 0 amide bonds. The van der Waals surface area contributed by atoms with E-state index in [2.05, 4.69) is 4.98 Å². The molecule has 1 aromatic heterocycles. The lowest BCUT2D eigenvalue weighted by atomic mass is 9.89. The van der Waals surface area contributed by atoms with Gasteiger partial charge >= 0.3 is 11.7 Å². The molecule has 0 saturated carbocycles. The highest BCUT2D eigenvalue weighted by Crippen LogP contribution is 2.42. The van der Waals surface area contributed by atoms with Gasteiger partial charge in [-0.15, -0.1) is 0 Å². The molecular formula is C31H24N2O11. The molecule has 2 aliphatic heterocycles. The van der Waals surface area contributed by atoms with Crippen LogP contribution in [-0.4, -0.2) is 60.5 Å². The molecule has 1 saturated heterocycles. The monoisotopic (exact) mass is 600 g/mol. The van der Waals surface area contributed by atoms with Gasteiger partial charge in [-0.2, -0.15) is 0 Å². The summed E-state index contributed by atoms with van der Waals surface area (Å²) in [5, 5.41) is 40.0. The molecule has 5 N–H and O–H groups in total. The topological polar surface area (TPSA) is 209 Å². The number of phenolic OH excluding ortho intramolecular Hbond substituents is 1. The number of aromatic hydroxyl groups is 1. The second-order valence-electron chi connectivity index (χ2n) is 10.4. The lowest BCUT2D eigenvalue weighted by Crippen LogP contribution is -2.35. The zero-order valence-corrected chi connectivity index (χ0v) is 22.7. The number of rotatable bonds is 7. The molecule has 1 aliphatic carbocycles. The Kier molecular flexibility index (Phi) is 7.21. The number of phenols is 1. The predicted octanol–water partition coefficient (Wildman–Crippen LogP) is 1.88. The van der Waals surface area contributed by atoms with Gasteiger partial charge in [-0.1, -0.05) is 12.1 Å². The number of Topliss-reactive ketones (excluding diaryl/α,β-unsaturated/α-hetero) is 1. The largest absolute Gasteiger partial charge is 0.508 e. The maximum atomic E-state index is 13.3. The molecule has 44 heavy (non-hydrogen) atoms. The molecule has 224 valence electrons. The number of nitrogens with one attached hydrogen (secondary N) is 1. The molecule has 3 atom stereocenters. The number of carbonyl (C=O) groups is 2. The Balaban J connectivity index is 1.41. The molecule has 6 rings (SSSR count). The Morgan fingerprint density at radius 3 is 2.50 bits per heavy atom. The number of benzene rings is 3. The van der Waals surface area contributed by atoms with E-state index in [4.69, 9.17) is 9.15 Å². The zero-order chi connectivity index (χ0) is 31.3. The van der Waals surface area contributed by atoms with Crippen LogP contribution < -0.4 is 16.7 Å². The quantitative estimate of drug-likeness (QED) is 0.134. The number of hydrogen-bond acceptors (Lipinski definition) is 10. The summed E-state index contributed by atoms with van der Waals surface area (Å²) in [6, 6.07) is 12.4. The van der Waals surface area contributed by atoms with Crippen LogP contribution >= 0.6 is 0 Å². The van der Waals surface area contributed by atoms with Crippen LogP contribution in [0.4, 0.5) is 0 Å². The second kappa shape index (κ2) is 11.0. The van der Waals surface area contributed by atoms with Crippen LogP contribution in [0.15, 0.2) is 79.6 Å².